The zero-order chi connectivity index (χ0) is 21.0. The molecule has 1 heterocycles. The highest BCUT2D eigenvalue weighted by Crippen LogP contribution is 2.40. The molecule has 5 nitrogen and oxygen atoms in total. The van der Waals surface area contributed by atoms with Gasteiger partial charge in [-0.25, -0.2) is 4.79 Å². The number of ether oxygens (including phenoxy) is 1. The van der Waals surface area contributed by atoms with E-state index in [4.69, 9.17) is 10.5 Å². The molecule has 3 rings (SSSR count). The predicted octanol–water partition coefficient (Wildman–Crippen LogP) is 5.05. The van der Waals surface area contributed by atoms with Crippen molar-refractivity contribution in [2.75, 3.05) is 18.2 Å². The predicted molar refractivity (Wildman–Crippen MR) is 119 cm³/mol. The van der Waals surface area contributed by atoms with E-state index in [1.54, 1.807) is 18.2 Å². The number of anilines is 2. The lowest BCUT2D eigenvalue weighted by atomic mass is 10.0. The van der Waals surface area contributed by atoms with Gasteiger partial charge in [-0.2, -0.15) is 0 Å². The van der Waals surface area contributed by atoms with Crippen molar-refractivity contribution in [2.45, 2.75) is 13.8 Å². The highest BCUT2D eigenvalue weighted by molar-refractivity contribution is 7.17. The van der Waals surface area contributed by atoms with Crippen LogP contribution >= 0.6 is 11.3 Å². The van der Waals surface area contributed by atoms with E-state index in [9.17, 15) is 9.59 Å². The van der Waals surface area contributed by atoms with Crippen LogP contribution in [-0.2, 0) is 9.53 Å². The molecule has 1 amide bonds. The van der Waals surface area contributed by atoms with Crippen molar-refractivity contribution in [3.05, 3.63) is 76.2 Å². The third kappa shape index (κ3) is 4.73. The van der Waals surface area contributed by atoms with Crippen LogP contribution in [0, 0.1) is 13.8 Å². The second-order valence-electron chi connectivity index (χ2n) is 6.58. The molecule has 0 aliphatic carbocycles. The summed E-state index contributed by atoms with van der Waals surface area (Å²) in [6, 6.07) is 15.1. The molecule has 0 bridgehead atoms. The number of hydrogen-bond donors (Lipinski definition) is 2. The molecule has 2 aromatic carbocycles. The van der Waals surface area contributed by atoms with E-state index < -0.39 is 5.97 Å². The Morgan fingerprint density at radius 3 is 2.31 bits per heavy atom. The van der Waals surface area contributed by atoms with Gasteiger partial charge in [-0.3, -0.25) is 4.79 Å². The van der Waals surface area contributed by atoms with Crippen LogP contribution in [0.5, 0.6) is 0 Å². The number of benzene rings is 2. The van der Waals surface area contributed by atoms with Crippen LogP contribution in [0.15, 0.2) is 54.6 Å². The molecule has 0 saturated heterocycles. The maximum Gasteiger partial charge on any atom is 0.341 e. The lowest BCUT2D eigenvalue weighted by Gasteiger charge is -2.07. The zero-order valence-corrected chi connectivity index (χ0v) is 17.3. The Labute approximate surface area is 173 Å². The topological polar surface area (TPSA) is 81.4 Å². The number of methoxy groups -OCH3 is 1. The second kappa shape index (κ2) is 8.75. The minimum Gasteiger partial charge on any atom is -0.465 e. The number of carbonyl (C=O) groups is 2. The Morgan fingerprint density at radius 1 is 1.03 bits per heavy atom. The summed E-state index contributed by atoms with van der Waals surface area (Å²) in [6.45, 7) is 3.93. The van der Waals surface area contributed by atoms with E-state index in [1.807, 2.05) is 50.2 Å². The summed E-state index contributed by atoms with van der Waals surface area (Å²) in [4.78, 5) is 25.9. The Hall–Kier alpha value is -3.38. The van der Waals surface area contributed by atoms with E-state index >= 15 is 0 Å². The van der Waals surface area contributed by atoms with Crippen molar-refractivity contribution in [2.24, 2.45) is 0 Å². The van der Waals surface area contributed by atoms with Gasteiger partial charge in [-0.15, -0.1) is 11.3 Å². The Balaban J connectivity index is 1.91. The number of esters is 1. The Morgan fingerprint density at radius 2 is 1.69 bits per heavy atom. The molecule has 0 atom stereocenters. The first kappa shape index (κ1) is 20.4. The summed E-state index contributed by atoms with van der Waals surface area (Å²) in [6.07, 6.45) is 3.11. The molecular formula is C23H22N2O3S. The van der Waals surface area contributed by atoms with Gasteiger partial charge in [0.05, 0.1) is 7.11 Å². The van der Waals surface area contributed by atoms with Gasteiger partial charge < -0.3 is 15.8 Å². The molecule has 0 fully saturated rings. The molecule has 3 N–H and O–H groups in total. The van der Waals surface area contributed by atoms with Gasteiger partial charge in [-0.05, 0) is 43.2 Å². The fourth-order valence-electron chi connectivity index (χ4n) is 2.93. The van der Waals surface area contributed by atoms with E-state index in [0.717, 1.165) is 27.1 Å². The largest absolute Gasteiger partial charge is 0.465 e. The number of amides is 1. The number of rotatable bonds is 5. The van der Waals surface area contributed by atoms with Gasteiger partial charge in [0.15, 0.2) is 0 Å². The molecule has 0 aliphatic heterocycles. The van der Waals surface area contributed by atoms with Gasteiger partial charge in [0.1, 0.15) is 10.6 Å². The van der Waals surface area contributed by atoms with Crippen LogP contribution in [0.2, 0.25) is 0 Å². The summed E-state index contributed by atoms with van der Waals surface area (Å²) in [5.74, 6) is -0.813. The normalized spacial score (nSPS) is 10.9. The summed E-state index contributed by atoms with van der Waals surface area (Å²) < 4.78 is 4.98. The van der Waals surface area contributed by atoms with Crippen molar-refractivity contribution in [3.8, 4) is 11.1 Å². The molecular weight excluding hydrogens is 384 g/mol. The molecule has 3 aromatic rings. The van der Waals surface area contributed by atoms with Crippen LogP contribution in [0.4, 0.5) is 10.7 Å². The Kier molecular flexibility index (Phi) is 6.14. The van der Waals surface area contributed by atoms with Crippen LogP contribution in [-0.4, -0.2) is 19.0 Å². The highest BCUT2D eigenvalue weighted by atomic mass is 32.1. The van der Waals surface area contributed by atoms with E-state index in [1.165, 1.54) is 24.5 Å². The number of nitrogen functional groups attached to an aromatic ring is 1. The fourth-order valence-corrected chi connectivity index (χ4v) is 4.00. The molecule has 29 heavy (non-hydrogen) atoms. The first-order chi connectivity index (χ1) is 13.9. The Bertz CT molecular complexity index is 1060. The monoisotopic (exact) mass is 406 g/mol. The van der Waals surface area contributed by atoms with Gasteiger partial charge in [0.25, 0.3) is 0 Å². The van der Waals surface area contributed by atoms with E-state index in [2.05, 4.69) is 5.32 Å². The van der Waals surface area contributed by atoms with Crippen molar-refractivity contribution in [1.82, 2.24) is 0 Å². The van der Waals surface area contributed by atoms with E-state index in [-0.39, 0.29) is 5.91 Å². The van der Waals surface area contributed by atoms with Gasteiger partial charge in [-0.1, -0.05) is 42.0 Å². The maximum absolute atomic E-state index is 12.5. The molecule has 6 heteroatoms. The number of nitrogens with two attached hydrogens (primary N) is 1. The third-order valence-corrected chi connectivity index (χ3v) is 5.44. The van der Waals surface area contributed by atoms with Crippen LogP contribution < -0.4 is 11.1 Å². The average Bonchev–Trinajstić information content (AvgIpc) is 3.03. The number of nitrogens with one attached hydrogen (secondary N) is 1. The summed E-state index contributed by atoms with van der Waals surface area (Å²) >= 11 is 1.35. The lowest BCUT2D eigenvalue weighted by Crippen LogP contribution is -2.11. The van der Waals surface area contributed by atoms with Crippen LogP contribution in [0.3, 0.4) is 0 Å². The zero-order valence-electron chi connectivity index (χ0n) is 16.5. The molecule has 0 aliphatic rings. The first-order valence-corrected chi connectivity index (χ1v) is 9.84. The smallest absolute Gasteiger partial charge is 0.341 e. The number of hydrogen-bond acceptors (Lipinski definition) is 5. The highest BCUT2D eigenvalue weighted by Gasteiger charge is 2.24. The van der Waals surface area contributed by atoms with Crippen molar-refractivity contribution >= 4 is 40.0 Å². The van der Waals surface area contributed by atoms with E-state index in [0.29, 0.717) is 16.3 Å². The molecule has 1 aromatic heterocycles. The van der Waals surface area contributed by atoms with Crippen LogP contribution in [0.1, 0.15) is 26.4 Å². The van der Waals surface area contributed by atoms with Crippen molar-refractivity contribution < 1.29 is 14.3 Å². The standard InChI is InChI=1S/C23H22N2O3S/c1-14-4-9-17(10-5-14)20-15(2)29-22(21(20)23(27)28-3)25-19(26)13-8-16-6-11-18(24)12-7-16/h4-13H,24H2,1-3H3,(H,25,26)/b13-8+. The minimum absolute atomic E-state index is 0.330. The lowest BCUT2D eigenvalue weighted by molar-refractivity contribution is -0.111. The molecule has 148 valence electrons. The van der Waals surface area contributed by atoms with Gasteiger partial charge >= 0.3 is 5.97 Å². The van der Waals surface area contributed by atoms with Crippen molar-refractivity contribution in [3.63, 3.8) is 0 Å². The SMILES string of the molecule is COC(=O)c1c(NC(=O)/C=C/c2ccc(N)cc2)sc(C)c1-c1ccc(C)cc1. The fraction of sp³-hybridized carbons (Fsp3) is 0.130. The molecule has 0 spiro atoms. The molecule has 0 unspecified atom stereocenters. The quantitative estimate of drug-likeness (QED) is 0.353. The number of thiophene rings is 1. The number of aryl methyl sites for hydroxylation is 2. The van der Waals surface area contributed by atoms with Crippen LogP contribution in [0.25, 0.3) is 17.2 Å². The molecule has 0 radical (unpaired) electrons. The van der Waals surface area contributed by atoms with Gasteiger partial charge in [0, 0.05) is 22.2 Å². The van der Waals surface area contributed by atoms with Crippen molar-refractivity contribution in [1.29, 1.82) is 0 Å². The summed E-state index contributed by atoms with van der Waals surface area (Å²) in [5.41, 5.74) is 10.4. The average molecular weight is 407 g/mol. The van der Waals surface area contributed by atoms with Gasteiger partial charge in [0.2, 0.25) is 5.91 Å². The summed E-state index contributed by atoms with van der Waals surface area (Å²) in [5, 5.41) is 3.29. The second-order valence-corrected chi connectivity index (χ2v) is 7.81. The minimum atomic E-state index is -0.484. The third-order valence-electron chi connectivity index (χ3n) is 4.41. The summed E-state index contributed by atoms with van der Waals surface area (Å²) in [7, 11) is 1.33. The maximum atomic E-state index is 12.5. The first-order valence-electron chi connectivity index (χ1n) is 9.02. The number of carbonyl (C=O) groups excluding carboxylic acids is 2. The molecule has 0 saturated carbocycles.